The van der Waals surface area contributed by atoms with Crippen molar-refractivity contribution in [3.63, 3.8) is 0 Å². The Bertz CT molecular complexity index is 2830. The monoisotopic (exact) mass is 791 g/mol. The zero-order valence-corrected chi connectivity index (χ0v) is 36.9. The minimum atomic E-state index is -1.92. The lowest BCUT2D eigenvalue weighted by atomic mass is 9.29. The highest BCUT2D eigenvalue weighted by Crippen LogP contribution is 2.73. The Balaban J connectivity index is 1.35. The zero-order chi connectivity index (χ0) is 41.4. The summed E-state index contributed by atoms with van der Waals surface area (Å²) in [6.45, 7) is 18.5. The lowest BCUT2D eigenvalue weighted by molar-refractivity contribution is 1.23. The summed E-state index contributed by atoms with van der Waals surface area (Å²) < 4.78 is 0. The molecule has 292 valence electrons. The van der Waals surface area contributed by atoms with E-state index in [1.54, 1.807) is 0 Å². The van der Waals surface area contributed by atoms with Gasteiger partial charge in [0.05, 0.1) is 0 Å². The van der Waals surface area contributed by atoms with E-state index in [0.717, 1.165) is 0 Å². The van der Waals surface area contributed by atoms with Crippen LogP contribution >= 0.6 is 10.0 Å². The fourth-order valence-electron chi connectivity index (χ4n) is 11.1. The summed E-state index contributed by atoms with van der Waals surface area (Å²) in [6.07, 6.45) is 0. The molecule has 0 N–H and O–H groups in total. The molecule has 2 aliphatic heterocycles. The second kappa shape index (κ2) is 14.6. The molecule has 0 amide bonds. The molecule has 2 heterocycles. The third kappa shape index (κ3) is 5.86. The van der Waals surface area contributed by atoms with Crippen molar-refractivity contribution in [2.45, 2.75) is 75.0 Å². The Morgan fingerprint density at radius 2 is 0.700 bits per heavy atom. The number of hydrogen-bond donors (Lipinski definition) is 0. The first kappa shape index (κ1) is 38.3. The molecule has 8 aromatic rings. The van der Waals surface area contributed by atoms with Gasteiger partial charge in [0.2, 0.25) is 13.4 Å². The molecular weight excluding hydrogens is 740 g/mol. The molecule has 0 atom stereocenters. The van der Waals surface area contributed by atoms with Gasteiger partial charge in [-0.25, -0.2) is 0 Å². The van der Waals surface area contributed by atoms with E-state index in [1.165, 1.54) is 114 Å². The second-order valence-corrected chi connectivity index (χ2v) is 20.6. The van der Waals surface area contributed by atoms with Gasteiger partial charge >= 0.3 is 0 Å². The Morgan fingerprint density at radius 3 is 1.13 bits per heavy atom. The molecule has 0 saturated carbocycles. The van der Waals surface area contributed by atoms with E-state index in [-0.39, 0.29) is 13.4 Å². The van der Waals surface area contributed by atoms with Crippen LogP contribution in [0, 0.1) is 55.4 Å². The SMILES string of the molecule is Cc1cc(C)c(B2c3cc(C)ccc3N3c4ccc(S(c5ccccc5)(c5ccccc5)c5ccccc5)cc4B(c4c(C)cc(C)cc4C)c4cc(C)cc2c43)c(C)c1. The number of nitrogens with zero attached hydrogens (tertiary/aromatic N) is 1. The predicted molar refractivity (Wildman–Crippen MR) is 261 cm³/mol. The molecule has 0 fully saturated rings. The molecule has 0 bridgehead atoms. The van der Waals surface area contributed by atoms with Crippen molar-refractivity contribution >= 4 is 73.3 Å². The molecular formula is C56H51B2NS. The molecule has 10 rings (SSSR count). The zero-order valence-electron chi connectivity index (χ0n) is 36.1. The molecule has 0 saturated heterocycles. The second-order valence-electron chi connectivity index (χ2n) is 17.5. The van der Waals surface area contributed by atoms with Crippen LogP contribution in [0.1, 0.15) is 44.5 Å². The van der Waals surface area contributed by atoms with Crippen molar-refractivity contribution in [3.05, 3.63) is 208 Å². The van der Waals surface area contributed by atoms with Gasteiger partial charge in [-0.1, -0.05) is 165 Å². The summed E-state index contributed by atoms with van der Waals surface area (Å²) in [7, 11) is -1.92. The van der Waals surface area contributed by atoms with Crippen molar-refractivity contribution in [3.8, 4) is 0 Å². The van der Waals surface area contributed by atoms with E-state index in [4.69, 9.17) is 0 Å². The maximum absolute atomic E-state index is 2.65. The van der Waals surface area contributed by atoms with Crippen molar-refractivity contribution < 1.29 is 0 Å². The number of aryl methyl sites for hydroxylation is 8. The Morgan fingerprint density at radius 1 is 0.333 bits per heavy atom. The largest absolute Gasteiger partial charge is 0.313 e. The van der Waals surface area contributed by atoms with Crippen LogP contribution in [0.2, 0.25) is 0 Å². The third-order valence-electron chi connectivity index (χ3n) is 13.1. The molecule has 1 nitrogen and oxygen atoms in total. The summed E-state index contributed by atoms with van der Waals surface area (Å²) >= 11 is 0. The Kier molecular flexibility index (Phi) is 9.34. The van der Waals surface area contributed by atoms with Gasteiger partial charge in [0.15, 0.2) is 0 Å². The average Bonchev–Trinajstić information content (AvgIpc) is 3.23. The topological polar surface area (TPSA) is 3.24 Å². The summed E-state index contributed by atoms with van der Waals surface area (Å²) in [4.78, 5) is 8.00. The first-order valence-electron chi connectivity index (χ1n) is 21.4. The van der Waals surface area contributed by atoms with E-state index in [0.29, 0.717) is 0 Å². The fourth-order valence-corrected chi connectivity index (χ4v) is 15.0. The van der Waals surface area contributed by atoms with Crippen LogP contribution in [0.3, 0.4) is 0 Å². The molecule has 0 radical (unpaired) electrons. The van der Waals surface area contributed by atoms with Gasteiger partial charge in [-0.2, -0.15) is 0 Å². The van der Waals surface area contributed by atoms with Crippen LogP contribution in [0.5, 0.6) is 0 Å². The van der Waals surface area contributed by atoms with Gasteiger partial charge in [0.1, 0.15) is 0 Å². The minimum Gasteiger partial charge on any atom is -0.313 e. The molecule has 8 aromatic carbocycles. The number of fused-ring (bicyclic) bond motifs is 4. The number of rotatable bonds is 6. The normalized spacial score (nSPS) is 13.2. The molecule has 0 unspecified atom stereocenters. The Hall–Kier alpha value is -5.96. The molecule has 60 heavy (non-hydrogen) atoms. The van der Waals surface area contributed by atoms with Gasteiger partial charge < -0.3 is 4.90 Å². The van der Waals surface area contributed by atoms with Gasteiger partial charge in [-0.15, -0.1) is 10.0 Å². The standard InChI is InChI=1S/C56H51B2NS/c1-36-24-26-52-48(32-36)57(54-40(5)28-37(2)29-41(54)6)50-33-39(4)34-51-56(50)59(52)53-27-25-47(35-49(53)58(51)55-42(7)30-38(3)31-43(55)8)60(44-18-12-9-13-19-44,45-20-14-10-15-21-45)46-22-16-11-17-23-46/h9-35H,1-8H3. The fraction of sp³-hybridized carbons (Fsp3) is 0.143. The van der Waals surface area contributed by atoms with Crippen molar-refractivity contribution in [1.29, 1.82) is 0 Å². The van der Waals surface area contributed by atoms with E-state index in [9.17, 15) is 0 Å². The highest BCUT2D eigenvalue weighted by molar-refractivity contribution is 8.34. The maximum atomic E-state index is 2.65. The molecule has 4 heteroatoms. The summed E-state index contributed by atoms with van der Waals surface area (Å²) in [5.74, 6) is 0. The smallest absolute Gasteiger partial charge is 0.247 e. The average molecular weight is 792 g/mol. The van der Waals surface area contributed by atoms with Crippen LogP contribution in [-0.4, -0.2) is 13.4 Å². The van der Waals surface area contributed by atoms with E-state index in [2.05, 4.69) is 224 Å². The lowest BCUT2D eigenvalue weighted by Gasteiger charge is -2.46. The van der Waals surface area contributed by atoms with Crippen molar-refractivity contribution in [1.82, 2.24) is 0 Å². The van der Waals surface area contributed by atoms with E-state index < -0.39 is 10.0 Å². The van der Waals surface area contributed by atoms with Crippen LogP contribution in [0.25, 0.3) is 0 Å². The van der Waals surface area contributed by atoms with E-state index >= 15 is 0 Å². The minimum absolute atomic E-state index is 0.0257. The summed E-state index contributed by atoms with van der Waals surface area (Å²) in [6, 6.07) is 63.2. The molecule has 0 aliphatic carbocycles. The number of benzene rings is 8. The lowest BCUT2D eigenvalue weighted by Crippen LogP contribution is -2.66. The van der Waals surface area contributed by atoms with Crippen LogP contribution < -0.4 is 37.7 Å². The quantitative estimate of drug-likeness (QED) is 0.152. The third-order valence-corrected chi connectivity index (χ3v) is 17.0. The van der Waals surface area contributed by atoms with Crippen molar-refractivity contribution in [2.24, 2.45) is 0 Å². The maximum Gasteiger partial charge on any atom is 0.247 e. The predicted octanol–water partition coefficient (Wildman–Crippen LogP) is 10.6. The van der Waals surface area contributed by atoms with Crippen LogP contribution in [0.4, 0.5) is 17.1 Å². The van der Waals surface area contributed by atoms with Crippen LogP contribution in [-0.2, 0) is 0 Å². The highest BCUT2D eigenvalue weighted by atomic mass is 32.3. The van der Waals surface area contributed by atoms with E-state index in [1.807, 2.05) is 0 Å². The first-order chi connectivity index (χ1) is 29.1. The van der Waals surface area contributed by atoms with Gasteiger partial charge in [-0.05, 0) is 132 Å². The van der Waals surface area contributed by atoms with Crippen molar-refractivity contribution in [2.75, 3.05) is 4.90 Å². The molecule has 0 aromatic heterocycles. The first-order valence-corrected chi connectivity index (χ1v) is 23.0. The molecule has 0 spiro atoms. The number of anilines is 3. The van der Waals surface area contributed by atoms with Gasteiger partial charge in [-0.3, -0.25) is 0 Å². The summed E-state index contributed by atoms with van der Waals surface area (Å²) in [5.41, 5.74) is 22.9. The van der Waals surface area contributed by atoms with Crippen LogP contribution in [0.15, 0.2) is 183 Å². The van der Waals surface area contributed by atoms with Gasteiger partial charge in [0, 0.05) is 36.6 Å². The highest BCUT2D eigenvalue weighted by Gasteiger charge is 2.46. The Labute approximate surface area is 359 Å². The molecule has 2 aliphatic rings. The number of hydrogen-bond acceptors (Lipinski definition) is 1. The van der Waals surface area contributed by atoms with Gasteiger partial charge in [0.25, 0.3) is 0 Å². The summed E-state index contributed by atoms with van der Waals surface area (Å²) in [5, 5.41) is 0.